The fraction of sp³-hybridized carbons (Fsp3) is 0.211. The van der Waals surface area contributed by atoms with E-state index in [2.05, 4.69) is 40.7 Å². The standard InChI is InChI=1S/C19H19ClN2OS/c1-14-3-2-4-16(9-14)13-24-19-21-18(12-23)11-22(19)10-15-5-7-17(20)8-6-15/h2-9,11,23H,10,12-13H2,1H3. The van der Waals surface area contributed by atoms with Crippen molar-refractivity contribution in [3.8, 4) is 0 Å². The van der Waals surface area contributed by atoms with Crippen molar-refractivity contribution >= 4 is 23.4 Å². The molecule has 0 radical (unpaired) electrons. The van der Waals surface area contributed by atoms with Crippen LogP contribution in [0.15, 0.2) is 59.9 Å². The Balaban J connectivity index is 1.76. The van der Waals surface area contributed by atoms with Crippen LogP contribution in [-0.4, -0.2) is 14.7 Å². The molecule has 3 rings (SSSR count). The number of thioether (sulfide) groups is 1. The number of aromatic nitrogens is 2. The minimum absolute atomic E-state index is 0.0500. The van der Waals surface area contributed by atoms with E-state index in [1.807, 2.05) is 30.5 Å². The Hall–Kier alpha value is -1.75. The van der Waals surface area contributed by atoms with Gasteiger partial charge in [0, 0.05) is 23.5 Å². The fourth-order valence-electron chi connectivity index (χ4n) is 2.49. The highest BCUT2D eigenvalue weighted by atomic mass is 35.5. The predicted molar refractivity (Wildman–Crippen MR) is 99.4 cm³/mol. The summed E-state index contributed by atoms with van der Waals surface area (Å²) in [5.41, 5.74) is 4.37. The molecule has 0 fully saturated rings. The monoisotopic (exact) mass is 358 g/mol. The van der Waals surface area contributed by atoms with Gasteiger partial charge in [0.15, 0.2) is 5.16 Å². The second-order valence-electron chi connectivity index (χ2n) is 5.71. The molecular formula is C19H19ClN2OS. The number of nitrogens with zero attached hydrogens (tertiary/aromatic N) is 2. The molecule has 0 atom stereocenters. The number of benzene rings is 2. The van der Waals surface area contributed by atoms with Crippen molar-refractivity contribution in [2.75, 3.05) is 0 Å². The van der Waals surface area contributed by atoms with Crippen LogP contribution in [0.2, 0.25) is 5.02 Å². The molecule has 3 nitrogen and oxygen atoms in total. The van der Waals surface area contributed by atoms with E-state index >= 15 is 0 Å². The number of aryl methyl sites for hydroxylation is 1. The summed E-state index contributed by atoms with van der Waals surface area (Å²) in [5, 5.41) is 11.0. The van der Waals surface area contributed by atoms with Gasteiger partial charge in [-0.15, -0.1) is 0 Å². The van der Waals surface area contributed by atoms with Gasteiger partial charge in [-0.25, -0.2) is 4.98 Å². The number of aliphatic hydroxyl groups excluding tert-OH is 1. The molecule has 0 bridgehead atoms. The van der Waals surface area contributed by atoms with Crippen LogP contribution >= 0.6 is 23.4 Å². The third-order valence-corrected chi connectivity index (χ3v) is 4.98. The molecule has 1 heterocycles. The molecule has 1 aromatic heterocycles. The predicted octanol–water partition coefficient (Wildman–Crippen LogP) is 4.68. The molecule has 24 heavy (non-hydrogen) atoms. The smallest absolute Gasteiger partial charge is 0.168 e. The molecule has 124 valence electrons. The van der Waals surface area contributed by atoms with Crippen LogP contribution in [0.3, 0.4) is 0 Å². The van der Waals surface area contributed by atoms with Crippen LogP contribution in [0, 0.1) is 6.92 Å². The van der Waals surface area contributed by atoms with Gasteiger partial charge in [0.1, 0.15) is 0 Å². The number of imidazole rings is 1. The van der Waals surface area contributed by atoms with Crippen LogP contribution in [0.1, 0.15) is 22.4 Å². The van der Waals surface area contributed by atoms with Gasteiger partial charge in [-0.05, 0) is 30.2 Å². The summed E-state index contributed by atoms with van der Waals surface area (Å²) in [5.74, 6) is 0.851. The minimum Gasteiger partial charge on any atom is -0.390 e. The van der Waals surface area contributed by atoms with E-state index in [-0.39, 0.29) is 6.61 Å². The SMILES string of the molecule is Cc1cccc(CSc2nc(CO)cn2Cc2ccc(Cl)cc2)c1. The van der Waals surface area contributed by atoms with Crippen molar-refractivity contribution in [1.82, 2.24) is 9.55 Å². The van der Waals surface area contributed by atoms with Crippen LogP contribution < -0.4 is 0 Å². The van der Waals surface area contributed by atoms with Crippen molar-refractivity contribution in [2.45, 2.75) is 31.0 Å². The van der Waals surface area contributed by atoms with E-state index in [0.717, 1.165) is 21.5 Å². The first-order valence-corrected chi connectivity index (χ1v) is 9.10. The van der Waals surface area contributed by atoms with Crippen molar-refractivity contribution in [3.05, 3.63) is 82.1 Å². The van der Waals surface area contributed by atoms with Gasteiger partial charge in [-0.1, -0.05) is 65.3 Å². The highest BCUT2D eigenvalue weighted by Gasteiger charge is 2.09. The molecule has 0 aliphatic carbocycles. The lowest BCUT2D eigenvalue weighted by Crippen LogP contribution is -2.00. The second kappa shape index (κ2) is 7.88. The Morgan fingerprint density at radius 3 is 2.62 bits per heavy atom. The first kappa shape index (κ1) is 17.1. The third kappa shape index (κ3) is 4.41. The lowest BCUT2D eigenvalue weighted by molar-refractivity contribution is 0.277. The number of hydrogen-bond acceptors (Lipinski definition) is 3. The van der Waals surface area contributed by atoms with E-state index in [1.54, 1.807) is 11.8 Å². The van der Waals surface area contributed by atoms with E-state index in [9.17, 15) is 5.11 Å². The Bertz CT molecular complexity index is 814. The van der Waals surface area contributed by atoms with Crippen molar-refractivity contribution in [1.29, 1.82) is 0 Å². The maximum absolute atomic E-state index is 9.40. The van der Waals surface area contributed by atoms with Gasteiger partial charge in [0.25, 0.3) is 0 Å². The second-order valence-corrected chi connectivity index (χ2v) is 7.08. The number of aliphatic hydroxyl groups is 1. The molecule has 5 heteroatoms. The van der Waals surface area contributed by atoms with Crippen molar-refractivity contribution in [3.63, 3.8) is 0 Å². The molecule has 0 spiro atoms. The fourth-order valence-corrected chi connectivity index (χ4v) is 3.56. The molecule has 0 saturated carbocycles. The summed E-state index contributed by atoms with van der Waals surface area (Å²) in [4.78, 5) is 4.53. The largest absolute Gasteiger partial charge is 0.390 e. The van der Waals surface area contributed by atoms with Crippen LogP contribution in [0.4, 0.5) is 0 Å². The summed E-state index contributed by atoms with van der Waals surface area (Å²) in [6, 6.07) is 16.3. The first-order valence-electron chi connectivity index (χ1n) is 7.74. The van der Waals surface area contributed by atoms with Gasteiger partial charge in [-0.2, -0.15) is 0 Å². The van der Waals surface area contributed by atoms with Crippen molar-refractivity contribution in [2.24, 2.45) is 0 Å². The minimum atomic E-state index is -0.0500. The summed E-state index contributed by atoms with van der Waals surface area (Å²) < 4.78 is 2.08. The van der Waals surface area contributed by atoms with Gasteiger partial charge < -0.3 is 9.67 Å². The lowest BCUT2D eigenvalue weighted by Gasteiger charge is -2.08. The van der Waals surface area contributed by atoms with Crippen molar-refractivity contribution < 1.29 is 5.11 Å². The average Bonchev–Trinajstić information content (AvgIpc) is 2.97. The van der Waals surface area contributed by atoms with E-state index < -0.39 is 0 Å². The molecule has 0 aliphatic rings. The van der Waals surface area contributed by atoms with Gasteiger partial charge in [-0.3, -0.25) is 0 Å². The summed E-state index contributed by atoms with van der Waals surface area (Å²) in [6.07, 6.45) is 1.91. The maximum atomic E-state index is 9.40. The average molecular weight is 359 g/mol. The van der Waals surface area contributed by atoms with E-state index in [4.69, 9.17) is 11.6 Å². The van der Waals surface area contributed by atoms with E-state index in [0.29, 0.717) is 12.2 Å². The number of halogens is 1. The Morgan fingerprint density at radius 2 is 1.92 bits per heavy atom. The quantitative estimate of drug-likeness (QED) is 0.650. The summed E-state index contributed by atoms with van der Waals surface area (Å²) >= 11 is 7.63. The zero-order valence-corrected chi connectivity index (χ0v) is 15.0. The Morgan fingerprint density at radius 1 is 1.12 bits per heavy atom. The zero-order valence-electron chi connectivity index (χ0n) is 13.4. The molecular weight excluding hydrogens is 340 g/mol. The van der Waals surface area contributed by atoms with Gasteiger partial charge in [0.2, 0.25) is 0 Å². The highest BCUT2D eigenvalue weighted by molar-refractivity contribution is 7.98. The molecule has 0 unspecified atom stereocenters. The molecule has 3 aromatic rings. The Kier molecular flexibility index (Phi) is 5.61. The normalized spacial score (nSPS) is 11.0. The third-order valence-electron chi connectivity index (χ3n) is 3.67. The molecule has 1 N–H and O–H groups in total. The molecule has 0 amide bonds. The summed E-state index contributed by atoms with van der Waals surface area (Å²) in [7, 11) is 0. The lowest BCUT2D eigenvalue weighted by atomic mass is 10.2. The van der Waals surface area contributed by atoms with E-state index in [1.165, 1.54) is 11.1 Å². The zero-order chi connectivity index (χ0) is 16.9. The Labute approximate surface area is 151 Å². The topological polar surface area (TPSA) is 38.1 Å². The molecule has 0 saturated heterocycles. The van der Waals surface area contributed by atoms with Crippen LogP contribution in [0.25, 0.3) is 0 Å². The highest BCUT2D eigenvalue weighted by Crippen LogP contribution is 2.24. The summed E-state index contributed by atoms with van der Waals surface area (Å²) in [6.45, 7) is 2.76. The van der Waals surface area contributed by atoms with Gasteiger partial charge >= 0.3 is 0 Å². The number of hydrogen-bond donors (Lipinski definition) is 1. The van der Waals surface area contributed by atoms with Crippen LogP contribution in [0.5, 0.6) is 0 Å². The van der Waals surface area contributed by atoms with Crippen LogP contribution in [-0.2, 0) is 18.9 Å². The maximum Gasteiger partial charge on any atom is 0.168 e. The first-order chi connectivity index (χ1) is 11.6. The molecule has 2 aromatic carbocycles. The molecule has 0 aliphatic heterocycles. The number of rotatable bonds is 6. The van der Waals surface area contributed by atoms with Gasteiger partial charge in [0.05, 0.1) is 12.3 Å².